The van der Waals surface area contributed by atoms with Gasteiger partial charge >= 0.3 is 11.9 Å². The second-order valence-corrected chi connectivity index (χ2v) is 4.09. The van der Waals surface area contributed by atoms with Crippen LogP contribution in [0.1, 0.15) is 36.2 Å². The van der Waals surface area contributed by atoms with E-state index >= 15 is 0 Å². The van der Waals surface area contributed by atoms with Crippen molar-refractivity contribution >= 4 is 17.8 Å². The lowest BCUT2D eigenvalue weighted by atomic mass is 10.2. The van der Waals surface area contributed by atoms with Crippen molar-refractivity contribution in [1.82, 2.24) is 9.97 Å². The fraction of sp³-hybridized carbons (Fsp3) is 0.538. The van der Waals surface area contributed by atoms with Crippen LogP contribution in [0.4, 0.5) is 5.82 Å². The largest absolute Gasteiger partial charge is 0.469 e. The molecule has 110 valence electrons. The van der Waals surface area contributed by atoms with E-state index in [0.717, 1.165) is 19.3 Å². The summed E-state index contributed by atoms with van der Waals surface area (Å²) in [5, 5.41) is 3.07. The third kappa shape index (κ3) is 5.64. The summed E-state index contributed by atoms with van der Waals surface area (Å²) in [7, 11) is 2.68. The lowest BCUT2D eigenvalue weighted by Gasteiger charge is -2.06. The van der Waals surface area contributed by atoms with Crippen LogP contribution in [0.25, 0.3) is 0 Å². The van der Waals surface area contributed by atoms with Crippen LogP contribution in [-0.2, 0) is 14.3 Å². The first-order chi connectivity index (χ1) is 9.67. The Morgan fingerprint density at radius 3 is 2.65 bits per heavy atom. The number of nitrogens with one attached hydrogen (secondary N) is 1. The number of hydrogen-bond donors (Lipinski definition) is 1. The molecular formula is C13H19N3O4. The van der Waals surface area contributed by atoms with E-state index in [2.05, 4.69) is 24.8 Å². The van der Waals surface area contributed by atoms with Crippen LogP contribution in [0.5, 0.6) is 0 Å². The minimum atomic E-state index is -0.515. The summed E-state index contributed by atoms with van der Waals surface area (Å²) in [5.41, 5.74) is 0.170. The Balaban J connectivity index is 2.25. The topological polar surface area (TPSA) is 90.4 Å². The minimum absolute atomic E-state index is 0.170. The van der Waals surface area contributed by atoms with Crippen LogP contribution < -0.4 is 5.32 Å². The van der Waals surface area contributed by atoms with Crippen molar-refractivity contribution in [2.75, 3.05) is 26.1 Å². The summed E-state index contributed by atoms with van der Waals surface area (Å²) in [6, 6.07) is 0. The van der Waals surface area contributed by atoms with E-state index in [-0.39, 0.29) is 11.7 Å². The van der Waals surface area contributed by atoms with Gasteiger partial charge in [0, 0.05) is 13.0 Å². The fourth-order valence-electron chi connectivity index (χ4n) is 1.54. The Morgan fingerprint density at radius 2 is 1.95 bits per heavy atom. The molecule has 0 aromatic carbocycles. The van der Waals surface area contributed by atoms with E-state index in [9.17, 15) is 9.59 Å². The van der Waals surface area contributed by atoms with Gasteiger partial charge in [-0.1, -0.05) is 6.42 Å². The monoisotopic (exact) mass is 281 g/mol. The van der Waals surface area contributed by atoms with E-state index in [1.54, 1.807) is 6.20 Å². The lowest BCUT2D eigenvalue weighted by Crippen LogP contribution is -2.09. The van der Waals surface area contributed by atoms with Gasteiger partial charge in [0.2, 0.25) is 0 Å². The zero-order valence-corrected chi connectivity index (χ0v) is 11.7. The van der Waals surface area contributed by atoms with Crippen molar-refractivity contribution < 1.29 is 19.1 Å². The number of nitrogens with zero attached hydrogens (tertiary/aromatic N) is 2. The molecule has 1 heterocycles. The third-order valence-electron chi connectivity index (χ3n) is 2.62. The molecule has 1 aromatic heterocycles. The molecule has 1 N–H and O–H groups in total. The first-order valence-corrected chi connectivity index (χ1v) is 6.38. The minimum Gasteiger partial charge on any atom is -0.469 e. The molecular weight excluding hydrogens is 262 g/mol. The zero-order valence-electron chi connectivity index (χ0n) is 11.7. The van der Waals surface area contributed by atoms with Crippen LogP contribution in [0.15, 0.2) is 12.4 Å². The molecule has 0 spiro atoms. The van der Waals surface area contributed by atoms with E-state index in [1.165, 1.54) is 20.4 Å². The van der Waals surface area contributed by atoms with Crippen LogP contribution in [0.3, 0.4) is 0 Å². The number of aromatic nitrogens is 2. The van der Waals surface area contributed by atoms with E-state index in [0.29, 0.717) is 18.8 Å². The summed E-state index contributed by atoms with van der Waals surface area (Å²) in [4.78, 5) is 30.2. The first kappa shape index (κ1) is 15.9. The molecule has 20 heavy (non-hydrogen) atoms. The van der Waals surface area contributed by atoms with Crippen molar-refractivity contribution in [2.45, 2.75) is 25.7 Å². The first-order valence-electron chi connectivity index (χ1n) is 6.38. The molecule has 0 saturated heterocycles. The number of methoxy groups -OCH3 is 2. The van der Waals surface area contributed by atoms with Gasteiger partial charge in [-0.2, -0.15) is 0 Å². The molecule has 0 bridgehead atoms. The maximum absolute atomic E-state index is 11.3. The highest BCUT2D eigenvalue weighted by atomic mass is 16.5. The van der Waals surface area contributed by atoms with Gasteiger partial charge < -0.3 is 14.8 Å². The highest BCUT2D eigenvalue weighted by Gasteiger charge is 2.08. The SMILES string of the molecule is COC(=O)CCCCCNc1cncc(C(=O)OC)n1. The Hall–Kier alpha value is -2.18. The maximum atomic E-state index is 11.3. The number of carbonyl (C=O) groups is 2. The summed E-state index contributed by atoms with van der Waals surface area (Å²) in [6.45, 7) is 0.695. The molecule has 1 aromatic rings. The molecule has 0 fully saturated rings. The van der Waals surface area contributed by atoms with Gasteiger partial charge in [-0.25, -0.2) is 9.78 Å². The summed E-state index contributed by atoms with van der Waals surface area (Å²) >= 11 is 0. The van der Waals surface area contributed by atoms with Crippen molar-refractivity contribution in [3.05, 3.63) is 18.1 Å². The average Bonchev–Trinajstić information content (AvgIpc) is 2.49. The quantitative estimate of drug-likeness (QED) is 0.569. The van der Waals surface area contributed by atoms with Crippen molar-refractivity contribution in [3.8, 4) is 0 Å². The maximum Gasteiger partial charge on any atom is 0.358 e. The Morgan fingerprint density at radius 1 is 1.15 bits per heavy atom. The predicted molar refractivity (Wildman–Crippen MR) is 72.3 cm³/mol. The second kappa shape index (κ2) is 8.84. The van der Waals surface area contributed by atoms with Crippen LogP contribution in [0.2, 0.25) is 0 Å². The fourth-order valence-corrected chi connectivity index (χ4v) is 1.54. The highest BCUT2D eigenvalue weighted by molar-refractivity contribution is 5.87. The summed E-state index contributed by atoms with van der Waals surface area (Å²) in [5.74, 6) is -0.172. The van der Waals surface area contributed by atoms with Crippen LogP contribution in [0, 0.1) is 0 Å². The molecule has 0 radical (unpaired) electrons. The van der Waals surface area contributed by atoms with Gasteiger partial charge in [0.15, 0.2) is 5.69 Å². The van der Waals surface area contributed by atoms with Gasteiger partial charge in [-0.3, -0.25) is 9.78 Å². The zero-order chi connectivity index (χ0) is 14.8. The Labute approximate surface area is 117 Å². The smallest absolute Gasteiger partial charge is 0.358 e. The number of anilines is 1. The third-order valence-corrected chi connectivity index (χ3v) is 2.62. The van der Waals surface area contributed by atoms with Crippen molar-refractivity contribution in [3.63, 3.8) is 0 Å². The predicted octanol–water partition coefficient (Wildman–Crippen LogP) is 1.41. The van der Waals surface area contributed by atoms with E-state index in [4.69, 9.17) is 0 Å². The van der Waals surface area contributed by atoms with Crippen molar-refractivity contribution in [1.29, 1.82) is 0 Å². The van der Waals surface area contributed by atoms with Gasteiger partial charge in [0.1, 0.15) is 5.82 Å². The van der Waals surface area contributed by atoms with Gasteiger partial charge in [-0.05, 0) is 12.8 Å². The molecule has 0 saturated carbocycles. The highest BCUT2D eigenvalue weighted by Crippen LogP contribution is 2.05. The number of carbonyl (C=O) groups excluding carboxylic acids is 2. The molecule has 7 nitrogen and oxygen atoms in total. The number of esters is 2. The van der Waals surface area contributed by atoms with Gasteiger partial charge in [0.25, 0.3) is 0 Å². The number of ether oxygens (including phenoxy) is 2. The molecule has 0 atom stereocenters. The molecule has 1 rings (SSSR count). The summed E-state index contributed by atoms with van der Waals surface area (Å²) in [6.07, 6.45) is 5.93. The van der Waals surface area contributed by atoms with E-state index < -0.39 is 5.97 Å². The second-order valence-electron chi connectivity index (χ2n) is 4.09. The van der Waals surface area contributed by atoms with Gasteiger partial charge in [-0.15, -0.1) is 0 Å². The normalized spacial score (nSPS) is 9.90. The number of unbranched alkanes of at least 4 members (excludes halogenated alkanes) is 2. The van der Waals surface area contributed by atoms with Crippen LogP contribution in [-0.4, -0.2) is 42.7 Å². The van der Waals surface area contributed by atoms with Crippen molar-refractivity contribution in [2.24, 2.45) is 0 Å². The standard InChI is InChI=1S/C13H19N3O4/c1-19-12(17)6-4-3-5-7-15-11-9-14-8-10(16-11)13(18)20-2/h8-9H,3-7H2,1-2H3,(H,15,16). The van der Waals surface area contributed by atoms with Gasteiger partial charge in [0.05, 0.1) is 26.6 Å². The molecule has 7 heteroatoms. The van der Waals surface area contributed by atoms with E-state index in [1.807, 2.05) is 0 Å². The Kier molecular flexibility index (Phi) is 7.02. The average molecular weight is 281 g/mol. The molecule has 0 amide bonds. The summed E-state index contributed by atoms with van der Waals surface area (Å²) < 4.78 is 9.12. The lowest BCUT2D eigenvalue weighted by molar-refractivity contribution is -0.140. The Bertz CT molecular complexity index is 451. The number of hydrogen-bond acceptors (Lipinski definition) is 7. The molecule has 0 aliphatic carbocycles. The molecule has 0 aliphatic rings. The molecule has 0 aliphatic heterocycles. The number of rotatable bonds is 8. The van der Waals surface area contributed by atoms with Crippen LogP contribution >= 0.6 is 0 Å². The molecule has 0 unspecified atom stereocenters.